The highest BCUT2D eigenvalue weighted by Crippen LogP contribution is 2.41. The Kier molecular flexibility index (Phi) is 3.92. The molecule has 0 N–H and O–H groups in total. The molecule has 21 heavy (non-hydrogen) atoms. The molecule has 9 heteroatoms. The Bertz CT molecular complexity index is 596. The lowest BCUT2D eigenvalue weighted by atomic mass is 10.1. The predicted molar refractivity (Wildman–Crippen MR) is 65.5 cm³/mol. The second-order valence-corrected chi connectivity index (χ2v) is 4.07. The summed E-state index contributed by atoms with van der Waals surface area (Å²) in [6.45, 7) is 2.10. The maximum atomic E-state index is 11.1. The first kappa shape index (κ1) is 14.6. The summed E-state index contributed by atoms with van der Waals surface area (Å²) in [6, 6.07) is 2.37. The van der Waals surface area contributed by atoms with Gasteiger partial charge in [-0.2, -0.15) is 0 Å². The summed E-state index contributed by atoms with van der Waals surface area (Å²) < 4.78 is 19.8. The summed E-state index contributed by atoms with van der Waals surface area (Å²) >= 11 is 0. The van der Waals surface area contributed by atoms with Crippen LogP contribution in [0.3, 0.4) is 0 Å². The molecule has 0 spiro atoms. The molecule has 0 radical (unpaired) electrons. The van der Waals surface area contributed by atoms with E-state index < -0.39 is 28.8 Å². The number of hydrogen-bond donors (Lipinski definition) is 0. The fourth-order valence-corrected chi connectivity index (χ4v) is 1.75. The van der Waals surface area contributed by atoms with Crippen LogP contribution in [0.1, 0.15) is 25.7 Å². The molecule has 112 valence electrons. The number of hydrogen-bond acceptors (Lipinski definition) is 8. The molecule has 1 aliphatic rings. The van der Waals surface area contributed by atoms with Crippen LogP contribution in [0.2, 0.25) is 0 Å². The normalized spacial score (nSPS) is 12.1. The lowest BCUT2D eigenvalue weighted by Crippen LogP contribution is -2.16. The third-order valence-electron chi connectivity index (χ3n) is 2.52. The van der Waals surface area contributed by atoms with Crippen molar-refractivity contribution in [2.24, 2.45) is 0 Å². The van der Waals surface area contributed by atoms with Crippen LogP contribution in [0.25, 0.3) is 0 Å². The molecule has 0 aromatic heterocycles. The van der Waals surface area contributed by atoms with Crippen molar-refractivity contribution < 1.29 is 33.5 Å². The van der Waals surface area contributed by atoms with Crippen LogP contribution >= 0.6 is 0 Å². The lowest BCUT2D eigenvalue weighted by molar-refractivity contribution is -0.386. The van der Waals surface area contributed by atoms with Gasteiger partial charge >= 0.3 is 11.9 Å². The van der Waals surface area contributed by atoms with Crippen LogP contribution in [-0.2, 0) is 19.1 Å². The van der Waals surface area contributed by atoms with E-state index in [-0.39, 0.29) is 23.9 Å². The summed E-state index contributed by atoms with van der Waals surface area (Å²) in [4.78, 5) is 32.6. The molecule has 1 aromatic carbocycles. The topological polar surface area (TPSA) is 114 Å². The van der Waals surface area contributed by atoms with Crippen LogP contribution in [-0.4, -0.2) is 23.7 Å². The Labute approximate surface area is 118 Å². The van der Waals surface area contributed by atoms with Gasteiger partial charge in [-0.1, -0.05) is 0 Å². The SMILES string of the molecule is CC(=O)OC(OC(C)=O)c1cc2c(cc1[N+](=O)[O-])OCO2. The van der Waals surface area contributed by atoms with Crippen molar-refractivity contribution in [2.45, 2.75) is 20.1 Å². The number of benzene rings is 1. The summed E-state index contributed by atoms with van der Waals surface area (Å²) in [5.74, 6) is -1.09. The maximum absolute atomic E-state index is 11.1. The van der Waals surface area contributed by atoms with Gasteiger partial charge in [-0.3, -0.25) is 19.7 Å². The predicted octanol–water partition coefficient (Wildman–Crippen LogP) is 1.45. The van der Waals surface area contributed by atoms with Gasteiger partial charge in [0.25, 0.3) is 12.0 Å². The average Bonchev–Trinajstić information content (AvgIpc) is 2.82. The van der Waals surface area contributed by atoms with Crippen molar-refractivity contribution in [1.29, 1.82) is 0 Å². The number of nitrogens with zero attached hydrogens (tertiary/aromatic N) is 1. The quantitative estimate of drug-likeness (QED) is 0.355. The number of ether oxygens (including phenoxy) is 4. The van der Waals surface area contributed by atoms with Crippen LogP contribution in [0.4, 0.5) is 5.69 Å². The Morgan fingerprint density at radius 1 is 1.19 bits per heavy atom. The number of fused-ring (bicyclic) bond motifs is 1. The van der Waals surface area contributed by atoms with E-state index in [4.69, 9.17) is 18.9 Å². The molecule has 9 nitrogen and oxygen atoms in total. The number of carbonyl (C=O) groups excluding carboxylic acids is 2. The molecule has 0 saturated carbocycles. The molecule has 2 rings (SSSR count). The van der Waals surface area contributed by atoms with E-state index in [9.17, 15) is 19.7 Å². The van der Waals surface area contributed by atoms with E-state index >= 15 is 0 Å². The van der Waals surface area contributed by atoms with Crippen molar-refractivity contribution in [2.75, 3.05) is 6.79 Å². The number of rotatable bonds is 4. The van der Waals surface area contributed by atoms with E-state index in [1.165, 1.54) is 6.07 Å². The second-order valence-electron chi connectivity index (χ2n) is 4.07. The second kappa shape index (κ2) is 5.65. The van der Waals surface area contributed by atoms with Crippen LogP contribution in [0, 0.1) is 10.1 Å². The van der Waals surface area contributed by atoms with Gasteiger partial charge in [0.1, 0.15) is 5.56 Å². The van der Waals surface area contributed by atoms with E-state index in [0.29, 0.717) is 0 Å². The molecule has 0 amide bonds. The highest BCUT2D eigenvalue weighted by atomic mass is 16.7. The van der Waals surface area contributed by atoms with Crippen LogP contribution in [0.5, 0.6) is 11.5 Å². The zero-order valence-corrected chi connectivity index (χ0v) is 11.2. The molecule has 1 heterocycles. The van der Waals surface area contributed by atoms with E-state index in [1.54, 1.807) is 0 Å². The number of carbonyl (C=O) groups is 2. The average molecular weight is 297 g/mol. The van der Waals surface area contributed by atoms with Crippen molar-refractivity contribution >= 4 is 17.6 Å². The monoisotopic (exact) mass is 297 g/mol. The first-order valence-electron chi connectivity index (χ1n) is 5.81. The van der Waals surface area contributed by atoms with E-state index in [1.807, 2.05) is 0 Å². The Hall–Kier alpha value is -2.84. The molecule has 0 aliphatic carbocycles. The number of esters is 2. The van der Waals surface area contributed by atoms with Gasteiger partial charge in [-0.05, 0) is 0 Å². The van der Waals surface area contributed by atoms with Gasteiger partial charge in [0.05, 0.1) is 11.0 Å². The van der Waals surface area contributed by atoms with E-state index in [2.05, 4.69) is 0 Å². The highest BCUT2D eigenvalue weighted by molar-refractivity contribution is 5.69. The minimum Gasteiger partial charge on any atom is -0.454 e. The zero-order valence-electron chi connectivity index (χ0n) is 11.2. The summed E-state index contributed by atoms with van der Waals surface area (Å²) in [5.41, 5.74) is -0.526. The van der Waals surface area contributed by atoms with E-state index in [0.717, 1.165) is 19.9 Å². The molecular formula is C12H11NO8. The van der Waals surface area contributed by atoms with Gasteiger partial charge in [-0.15, -0.1) is 0 Å². The van der Waals surface area contributed by atoms with Crippen LogP contribution in [0.15, 0.2) is 12.1 Å². The summed E-state index contributed by atoms with van der Waals surface area (Å²) in [7, 11) is 0. The van der Waals surface area contributed by atoms with Gasteiger partial charge in [0.2, 0.25) is 6.79 Å². The third kappa shape index (κ3) is 3.19. The minimum absolute atomic E-state index is 0.0816. The van der Waals surface area contributed by atoms with Gasteiger partial charge in [0.15, 0.2) is 11.5 Å². The molecule has 0 atom stereocenters. The number of nitro groups is 1. The van der Waals surface area contributed by atoms with Crippen molar-refractivity contribution in [3.8, 4) is 11.5 Å². The molecular weight excluding hydrogens is 286 g/mol. The Morgan fingerprint density at radius 2 is 1.71 bits per heavy atom. The van der Waals surface area contributed by atoms with Gasteiger partial charge in [0, 0.05) is 19.9 Å². The number of nitro benzene ring substituents is 1. The molecule has 1 aliphatic heterocycles. The Morgan fingerprint density at radius 3 is 2.19 bits per heavy atom. The molecule has 1 aromatic rings. The first-order valence-corrected chi connectivity index (χ1v) is 5.81. The first-order chi connectivity index (χ1) is 9.88. The largest absolute Gasteiger partial charge is 0.454 e. The summed E-state index contributed by atoms with van der Waals surface area (Å²) in [5, 5.41) is 11.1. The molecule has 0 saturated heterocycles. The van der Waals surface area contributed by atoms with Crippen molar-refractivity contribution in [3.05, 3.63) is 27.8 Å². The standard InChI is InChI=1S/C12H11NO8/c1-6(14)20-12(21-7(2)15)8-3-10-11(19-5-18-10)4-9(8)13(16)17/h3-4,12H,5H2,1-2H3. The molecule has 0 unspecified atom stereocenters. The fraction of sp³-hybridized carbons (Fsp3) is 0.333. The molecule has 0 bridgehead atoms. The molecule has 0 fully saturated rings. The summed E-state index contributed by atoms with van der Waals surface area (Å²) in [6.07, 6.45) is -1.53. The van der Waals surface area contributed by atoms with Gasteiger partial charge in [-0.25, -0.2) is 0 Å². The van der Waals surface area contributed by atoms with Crippen LogP contribution < -0.4 is 9.47 Å². The minimum atomic E-state index is -1.53. The van der Waals surface area contributed by atoms with Crippen molar-refractivity contribution in [1.82, 2.24) is 0 Å². The lowest BCUT2D eigenvalue weighted by Gasteiger charge is -2.17. The maximum Gasteiger partial charge on any atom is 0.305 e. The third-order valence-corrected chi connectivity index (χ3v) is 2.52. The zero-order chi connectivity index (χ0) is 15.6. The highest BCUT2D eigenvalue weighted by Gasteiger charge is 2.31. The van der Waals surface area contributed by atoms with Gasteiger partial charge < -0.3 is 18.9 Å². The van der Waals surface area contributed by atoms with Crippen molar-refractivity contribution in [3.63, 3.8) is 0 Å². The Balaban J connectivity index is 2.49. The fourth-order valence-electron chi connectivity index (χ4n) is 1.75. The smallest absolute Gasteiger partial charge is 0.305 e.